The smallest absolute Gasteiger partial charge is 0.133 e. The Hall–Kier alpha value is -0.250. The first-order valence-electron chi connectivity index (χ1n) is 6.28. The Morgan fingerprint density at radius 2 is 2.28 bits per heavy atom. The van der Waals surface area contributed by atoms with Crippen molar-refractivity contribution in [2.75, 3.05) is 19.5 Å². The van der Waals surface area contributed by atoms with Crippen LogP contribution in [0.4, 0.5) is 0 Å². The molecule has 100 valence electrons. The van der Waals surface area contributed by atoms with Gasteiger partial charge < -0.3 is 4.74 Å². The molecule has 1 saturated heterocycles. The highest BCUT2D eigenvalue weighted by molar-refractivity contribution is 9.10. The average molecular weight is 333 g/mol. The molecule has 18 heavy (non-hydrogen) atoms. The molecule has 0 radical (unpaired) electrons. The Kier molecular flexibility index (Phi) is 4.93. The summed E-state index contributed by atoms with van der Waals surface area (Å²) in [6, 6.07) is 6.77. The highest BCUT2D eigenvalue weighted by atomic mass is 79.9. The number of alkyl halides is 1. The first kappa shape index (κ1) is 14.2. The summed E-state index contributed by atoms with van der Waals surface area (Å²) in [6.07, 6.45) is 1.24. The van der Waals surface area contributed by atoms with Gasteiger partial charge in [0.15, 0.2) is 0 Å². The third-order valence-electron chi connectivity index (χ3n) is 3.76. The van der Waals surface area contributed by atoms with Crippen molar-refractivity contribution in [2.24, 2.45) is 5.92 Å². The molecule has 2 unspecified atom stereocenters. The van der Waals surface area contributed by atoms with Crippen molar-refractivity contribution >= 4 is 27.5 Å². The summed E-state index contributed by atoms with van der Waals surface area (Å²) in [5.74, 6) is 2.30. The molecule has 1 aliphatic rings. The Bertz CT molecular complexity index is 413. The lowest BCUT2D eigenvalue weighted by Crippen LogP contribution is -2.33. The molecule has 0 spiro atoms. The maximum atomic E-state index is 6.07. The Balaban J connectivity index is 2.07. The van der Waals surface area contributed by atoms with Gasteiger partial charge in [-0.3, -0.25) is 4.90 Å². The van der Waals surface area contributed by atoms with Crippen LogP contribution in [0.2, 0.25) is 0 Å². The second-order valence-corrected chi connectivity index (χ2v) is 6.09. The molecule has 0 aromatic heterocycles. The van der Waals surface area contributed by atoms with Gasteiger partial charge in [-0.25, -0.2) is 0 Å². The fourth-order valence-corrected chi connectivity index (χ4v) is 3.66. The summed E-state index contributed by atoms with van der Waals surface area (Å²) >= 11 is 9.60. The second-order valence-electron chi connectivity index (χ2n) is 4.93. The van der Waals surface area contributed by atoms with Gasteiger partial charge in [0.25, 0.3) is 0 Å². The summed E-state index contributed by atoms with van der Waals surface area (Å²) in [5, 5.41) is 0. The molecule has 1 aromatic rings. The van der Waals surface area contributed by atoms with Gasteiger partial charge in [-0.05, 0) is 52.5 Å². The van der Waals surface area contributed by atoms with Crippen LogP contribution in [0.3, 0.4) is 0 Å². The minimum atomic E-state index is 0.507. The van der Waals surface area contributed by atoms with Gasteiger partial charge in [-0.1, -0.05) is 13.0 Å². The average Bonchev–Trinajstić information content (AvgIpc) is 2.70. The molecule has 0 amide bonds. The molecule has 4 heteroatoms. The number of benzene rings is 1. The minimum Gasteiger partial charge on any atom is -0.496 e. The molecule has 2 atom stereocenters. The molecule has 0 saturated carbocycles. The van der Waals surface area contributed by atoms with E-state index in [-0.39, 0.29) is 0 Å². The number of rotatable bonds is 4. The number of hydrogen-bond donors (Lipinski definition) is 0. The van der Waals surface area contributed by atoms with Crippen molar-refractivity contribution in [3.8, 4) is 5.75 Å². The standard InChI is InChI=1S/C14H19BrClNO/c1-10-5-6-17(13(10)8-16)9-11-3-4-14(18-2)12(15)7-11/h3-4,7,10,13H,5-6,8-9H2,1-2H3. The lowest BCUT2D eigenvalue weighted by Gasteiger charge is -2.25. The summed E-state index contributed by atoms with van der Waals surface area (Å²) in [4.78, 5) is 2.48. The number of nitrogens with zero attached hydrogens (tertiary/aromatic N) is 1. The van der Waals surface area contributed by atoms with Crippen molar-refractivity contribution in [1.82, 2.24) is 4.90 Å². The number of ether oxygens (including phenoxy) is 1. The third-order valence-corrected chi connectivity index (χ3v) is 4.69. The number of likely N-dealkylation sites (tertiary alicyclic amines) is 1. The van der Waals surface area contributed by atoms with Crippen LogP contribution in [0.25, 0.3) is 0 Å². The molecular formula is C14H19BrClNO. The van der Waals surface area contributed by atoms with Crippen molar-refractivity contribution in [2.45, 2.75) is 25.9 Å². The molecule has 1 heterocycles. The van der Waals surface area contributed by atoms with Gasteiger partial charge in [-0.15, -0.1) is 11.6 Å². The van der Waals surface area contributed by atoms with E-state index >= 15 is 0 Å². The van der Waals surface area contributed by atoms with Crippen molar-refractivity contribution in [3.05, 3.63) is 28.2 Å². The van der Waals surface area contributed by atoms with Crippen molar-refractivity contribution in [1.29, 1.82) is 0 Å². The van der Waals surface area contributed by atoms with E-state index in [1.807, 2.05) is 6.07 Å². The van der Waals surface area contributed by atoms with Crippen LogP contribution in [0.1, 0.15) is 18.9 Å². The molecule has 2 rings (SSSR count). The van der Waals surface area contributed by atoms with Crippen LogP contribution >= 0.6 is 27.5 Å². The first-order valence-corrected chi connectivity index (χ1v) is 7.61. The summed E-state index contributed by atoms with van der Waals surface area (Å²) in [6.45, 7) is 4.39. The molecule has 0 aliphatic carbocycles. The topological polar surface area (TPSA) is 12.5 Å². The van der Waals surface area contributed by atoms with Crippen LogP contribution in [0.15, 0.2) is 22.7 Å². The lowest BCUT2D eigenvalue weighted by atomic mass is 10.0. The monoisotopic (exact) mass is 331 g/mol. The zero-order valence-electron chi connectivity index (χ0n) is 10.8. The van der Waals surface area contributed by atoms with Crippen LogP contribution in [-0.2, 0) is 6.54 Å². The number of halogens is 2. The molecule has 1 fully saturated rings. The molecule has 1 aliphatic heterocycles. The van der Waals surface area contributed by atoms with E-state index in [2.05, 4.69) is 39.9 Å². The quantitative estimate of drug-likeness (QED) is 0.775. The van der Waals surface area contributed by atoms with Crippen LogP contribution in [0.5, 0.6) is 5.75 Å². The summed E-state index contributed by atoms with van der Waals surface area (Å²) < 4.78 is 6.26. The van der Waals surface area contributed by atoms with Crippen molar-refractivity contribution < 1.29 is 4.74 Å². The highest BCUT2D eigenvalue weighted by Crippen LogP contribution is 2.29. The van der Waals surface area contributed by atoms with Gasteiger partial charge >= 0.3 is 0 Å². The normalized spacial score (nSPS) is 24.4. The van der Waals surface area contributed by atoms with E-state index in [0.717, 1.165) is 29.2 Å². The van der Waals surface area contributed by atoms with Crippen LogP contribution in [-0.4, -0.2) is 30.5 Å². The van der Waals surface area contributed by atoms with Gasteiger partial charge in [0.2, 0.25) is 0 Å². The van der Waals surface area contributed by atoms with E-state index < -0.39 is 0 Å². The van der Waals surface area contributed by atoms with Gasteiger partial charge in [-0.2, -0.15) is 0 Å². The van der Waals surface area contributed by atoms with Gasteiger partial charge in [0.1, 0.15) is 5.75 Å². The molecule has 0 N–H and O–H groups in total. The lowest BCUT2D eigenvalue weighted by molar-refractivity contribution is 0.242. The summed E-state index contributed by atoms with van der Waals surface area (Å²) in [5.41, 5.74) is 1.30. The molecule has 0 bridgehead atoms. The van der Waals surface area contributed by atoms with E-state index in [1.54, 1.807) is 7.11 Å². The fourth-order valence-electron chi connectivity index (χ4n) is 2.58. The van der Waals surface area contributed by atoms with Crippen LogP contribution in [0, 0.1) is 5.92 Å². The molecule has 1 aromatic carbocycles. The first-order chi connectivity index (χ1) is 8.65. The Labute approximate surface area is 122 Å². The Morgan fingerprint density at radius 3 is 2.89 bits per heavy atom. The van der Waals surface area contributed by atoms with Crippen molar-refractivity contribution in [3.63, 3.8) is 0 Å². The van der Waals surface area contributed by atoms with E-state index in [0.29, 0.717) is 12.0 Å². The van der Waals surface area contributed by atoms with Crippen LogP contribution < -0.4 is 4.74 Å². The molecular weight excluding hydrogens is 314 g/mol. The zero-order chi connectivity index (χ0) is 13.1. The third kappa shape index (κ3) is 3.01. The Morgan fingerprint density at radius 1 is 1.50 bits per heavy atom. The maximum absolute atomic E-state index is 6.07. The number of hydrogen-bond acceptors (Lipinski definition) is 2. The molecule has 2 nitrogen and oxygen atoms in total. The predicted molar refractivity (Wildman–Crippen MR) is 79.4 cm³/mol. The summed E-state index contributed by atoms with van der Waals surface area (Å²) in [7, 11) is 1.69. The highest BCUT2D eigenvalue weighted by Gasteiger charge is 2.30. The minimum absolute atomic E-state index is 0.507. The number of methoxy groups -OCH3 is 1. The van der Waals surface area contributed by atoms with Gasteiger partial charge in [0.05, 0.1) is 11.6 Å². The van der Waals surface area contributed by atoms with E-state index in [9.17, 15) is 0 Å². The van der Waals surface area contributed by atoms with E-state index in [1.165, 1.54) is 12.0 Å². The predicted octanol–water partition coefficient (Wildman–Crippen LogP) is 3.91. The largest absolute Gasteiger partial charge is 0.496 e. The SMILES string of the molecule is COc1ccc(CN2CCC(C)C2CCl)cc1Br. The second kappa shape index (κ2) is 6.27. The zero-order valence-corrected chi connectivity index (χ0v) is 13.2. The fraction of sp³-hybridized carbons (Fsp3) is 0.571. The van der Waals surface area contributed by atoms with Gasteiger partial charge in [0, 0.05) is 18.5 Å². The maximum Gasteiger partial charge on any atom is 0.133 e. The van der Waals surface area contributed by atoms with E-state index in [4.69, 9.17) is 16.3 Å².